The van der Waals surface area contributed by atoms with E-state index in [0.717, 1.165) is 0 Å². The van der Waals surface area contributed by atoms with E-state index >= 15 is 0 Å². The van der Waals surface area contributed by atoms with Crippen LogP contribution in [-0.4, -0.2) is 33.5 Å². The van der Waals surface area contributed by atoms with E-state index in [1.807, 2.05) is 10.8 Å². The van der Waals surface area contributed by atoms with Crippen molar-refractivity contribution in [3.8, 4) is 11.5 Å². The number of benzene rings is 3. The number of rotatable bonds is 8. The maximum Gasteiger partial charge on any atom is 0.281 e. The molecule has 0 atom stereocenters. The molecule has 4 rings (SSSR count). The second-order valence-electron chi connectivity index (χ2n) is 7.16. The minimum absolute atomic E-state index is 0.0584. The van der Waals surface area contributed by atoms with Gasteiger partial charge < -0.3 is 19.8 Å². The molecule has 4 aromatic rings. The van der Waals surface area contributed by atoms with Gasteiger partial charge in [0.25, 0.3) is 15.9 Å². The molecule has 0 fully saturated rings. The third-order valence-electron chi connectivity index (χ3n) is 5.06. The van der Waals surface area contributed by atoms with Gasteiger partial charge in [0.15, 0.2) is 0 Å². The number of carbonyl (C=O) groups is 1. The summed E-state index contributed by atoms with van der Waals surface area (Å²) in [6.45, 7) is 0. The van der Waals surface area contributed by atoms with Crippen molar-refractivity contribution >= 4 is 43.9 Å². The summed E-state index contributed by atoms with van der Waals surface area (Å²) >= 11 is 0. The Morgan fingerprint density at radius 1 is 0.941 bits per heavy atom. The molecule has 3 aromatic carbocycles. The number of ether oxygens (including phenoxy) is 2. The summed E-state index contributed by atoms with van der Waals surface area (Å²) in [4.78, 5) is 26.8. The minimum Gasteiger partial charge on any atom is -0.497 e. The highest BCUT2D eigenvalue weighted by molar-refractivity contribution is 7.90. The monoisotopic (exact) mass is 480 g/mol. The number of nitrogens with one attached hydrogen (secondary N) is 3. The molecule has 1 aromatic heterocycles. The second kappa shape index (κ2) is 9.24. The van der Waals surface area contributed by atoms with Gasteiger partial charge in [0, 0.05) is 22.8 Å². The zero-order chi connectivity index (χ0) is 24.3. The highest BCUT2D eigenvalue weighted by atomic mass is 32.2. The van der Waals surface area contributed by atoms with E-state index in [-0.39, 0.29) is 21.8 Å². The summed E-state index contributed by atoms with van der Waals surface area (Å²) in [5.41, 5.74) is 1.58. The predicted molar refractivity (Wildman–Crippen MR) is 128 cm³/mol. The molecule has 0 radical (unpaired) electrons. The summed E-state index contributed by atoms with van der Waals surface area (Å²) < 4.78 is 37.6. The number of anilines is 2. The summed E-state index contributed by atoms with van der Waals surface area (Å²) in [6.07, 6.45) is 0. The first-order chi connectivity index (χ1) is 16.3. The van der Waals surface area contributed by atoms with Gasteiger partial charge in [-0.15, -0.1) is 4.91 Å². The number of hydrogen-bond acceptors (Lipinski definition) is 8. The minimum atomic E-state index is -4.14. The topological polar surface area (TPSA) is 139 Å². The van der Waals surface area contributed by atoms with Crippen LogP contribution in [0.4, 0.5) is 17.1 Å². The number of amides is 1. The Kier molecular flexibility index (Phi) is 6.19. The Labute approximate surface area is 194 Å². The summed E-state index contributed by atoms with van der Waals surface area (Å²) in [5, 5.41) is 6.68. The maximum absolute atomic E-state index is 12.8. The van der Waals surface area contributed by atoms with Crippen LogP contribution >= 0.6 is 0 Å². The van der Waals surface area contributed by atoms with Gasteiger partial charge in [-0.3, -0.25) is 4.79 Å². The zero-order valence-corrected chi connectivity index (χ0v) is 19.0. The van der Waals surface area contributed by atoms with Crippen LogP contribution in [0.25, 0.3) is 10.9 Å². The van der Waals surface area contributed by atoms with Gasteiger partial charge in [-0.25, -0.2) is 13.1 Å². The fourth-order valence-electron chi connectivity index (χ4n) is 3.36. The lowest BCUT2D eigenvalue weighted by atomic mass is 10.1. The molecule has 0 saturated heterocycles. The first-order valence-corrected chi connectivity index (χ1v) is 11.4. The molecule has 3 N–H and O–H groups in total. The van der Waals surface area contributed by atoms with Gasteiger partial charge in [-0.05, 0) is 59.8 Å². The van der Waals surface area contributed by atoms with Crippen molar-refractivity contribution < 1.29 is 22.7 Å². The molecule has 1 amide bonds. The van der Waals surface area contributed by atoms with Crippen molar-refractivity contribution in [1.82, 2.24) is 9.71 Å². The maximum atomic E-state index is 12.8. The molecular weight excluding hydrogens is 460 g/mol. The number of carbonyl (C=O) groups excluding carboxylic acids is 1. The molecule has 0 aliphatic heterocycles. The molecule has 34 heavy (non-hydrogen) atoms. The fourth-order valence-corrected chi connectivity index (χ4v) is 4.33. The van der Waals surface area contributed by atoms with Crippen LogP contribution in [0.5, 0.6) is 11.5 Å². The van der Waals surface area contributed by atoms with Crippen LogP contribution in [0, 0.1) is 4.91 Å². The molecule has 174 valence electrons. The van der Waals surface area contributed by atoms with Gasteiger partial charge in [-0.1, -0.05) is 6.07 Å². The van der Waals surface area contributed by atoms with Crippen LogP contribution < -0.4 is 19.5 Å². The average molecular weight is 481 g/mol. The van der Waals surface area contributed by atoms with Gasteiger partial charge in [0.05, 0.1) is 24.6 Å². The lowest BCUT2D eigenvalue weighted by molar-refractivity contribution is 0.0977. The van der Waals surface area contributed by atoms with Crippen molar-refractivity contribution in [2.75, 3.05) is 19.5 Å². The quantitative estimate of drug-likeness (QED) is 0.317. The number of H-pyrrole nitrogens is 1. The number of aromatic amines is 1. The largest absolute Gasteiger partial charge is 0.497 e. The Morgan fingerprint density at radius 2 is 1.68 bits per heavy atom. The second-order valence-corrected chi connectivity index (χ2v) is 8.84. The van der Waals surface area contributed by atoms with Crippen molar-refractivity contribution in [3.63, 3.8) is 0 Å². The first-order valence-electron chi connectivity index (χ1n) is 9.96. The normalized spacial score (nSPS) is 11.1. The van der Waals surface area contributed by atoms with Gasteiger partial charge in [-0.2, -0.15) is 0 Å². The van der Waals surface area contributed by atoms with Crippen LogP contribution in [-0.2, 0) is 10.0 Å². The number of nitrogens with zero attached hydrogens (tertiary/aromatic N) is 1. The molecule has 0 spiro atoms. The summed E-state index contributed by atoms with van der Waals surface area (Å²) in [5.74, 6) is 0.229. The third-order valence-corrected chi connectivity index (χ3v) is 6.41. The van der Waals surface area contributed by atoms with E-state index in [4.69, 9.17) is 9.47 Å². The van der Waals surface area contributed by atoms with Crippen molar-refractivity contribution in [3.05, 3.63) is 77.3 Å². The zero-order valence-electron chi connectivity index (χ0n) is 18.2. The average Bonchev–Trinajstić information content (AvgIpc) is 3.30. The SMILES string of the molecule is COc1ccc(S(=O)(=O)NC(=O)c2cc3c(Nc4cccc(OC)c4)ccc(N=O)c3[nH]2)cc1. The molecule has 11 heteroatoms. The number of methoxy groups -OCH3 is 2. The fraction of sp³-hybridized carbons (Fsp3) is 0.0870. The number of aromatic nitrogens is 1. The molecule has 10 nitrogen and oxygen atoms in total. The Bertz CT molecular complexity index is 1480. The Balaban J connectivity index is 1.66. The molecule has 0 bridgehead atoms. The highest BCUT2D eigenvalue weighted by Gasteiger charge is 2.21. The van der Waals surface area contributed by atoms with E-state index in [9.17, 15) is 18.1 Å². The van der Waals surface area contributed by atoms with E-state index in [1.54, 1.807) is 31.4 Å². The van der Waals surface area contributed by atoms with E-state index < -0.39 is 15.9 Å². The summed E-state index contributed by atoms with van der Waals surface area (Å²) in [6, 6.07) is 17.4. The lowest BCUT2D eigenvalue weighted by Gasteiger charge is -2.09. The predicted octanol–water partition coefficient (Wildman–Crippen LogP) is 4.45. The van der Waals surface area contributed by atoms with Crippen LogP contribution in [0.3, 0.4) is 0 Å². The van der Waals surface area contributed by atoms with Gasteiger partial charge in [0.2, 0.25) is 0 Å². The van der Waals surface area contributed by atoms with Crippen LogP contribution in [0.2, 0.25) is 0 Å². The van der Waals surface area contributed by atoms with E-state index in [0.29, 0.717) is 28.3 Å². The molecule has 0 aliphatic carbocycles. The standard InChI is InChI=1S/C23H20N4O6S/c1-32-15-6-8-17(9-7-15)34(30,31)27-23(28)21-13-18-19(10-11-20(26-29)22(18)25-21)24-14-4-3-5-16(12-14)33-2/h3-13,24-25H,1-2H3,(H,27,28). The van der Waals surface area contributed by atoms with Crippen molar-refractivity contribution in [2.45, 2.75) is 4.90 Å². The van der Waals surface area contributed by atoms with E-state index in [2.05, 4.69) is 15.5 Å². The number of nitroso groups, excluding NO2 is 1. The molecule has 0 unspecified atom stereocenters. The third kappa shape index (κ3) is 4.55. The van der Waals surface area contributed by atoms with Gasteiger partial charge >= 0.3 is 0 Å². The van der Waals surface area contributed by atoms with E-state index in [1.165, 1.54) is 43.5 Å². The molecule has 0 aliphatic rings. The highest BCUT2D eigenvalue weighted by Crippen LogP contribution is 2.34. The van der Waals surface area contributed by atoms with Crippen LogP contribution in [0.15, 0.2) is 76.8 Å². The molecular formula is C23H20N4O6S. The summed E-state index contributed by atoms with van der Waals surface area (Å²) in [7, 11) is -1.13. The first kappa shape index (κ1) is 22.8. The molecule has 0 saturated carbocycles. The Morgan fingerprint density at radius 3 is 2.35 bits per heavy atom. The Hall–Kier alpha value is -4.38. The van der Waals surface area contributed by atoms with Crippen LogP contribution in [0.1, 0.15) is 10.5 Å². The number of sulfonamides is 1. The number of hydrogen-bond donors (Lipinski definition) is 3. The van der Waals surface area contributed by atoms with Crippen molar-refractivity contribution in [1.29, 1.82) is 0 Å². The smallest absolute Gasteiger partial charge is 0.281 e. The van der Waals surface area contributed by atoms with Crippen molar-refractivity contribution in [2.24, 2.45) is 5.18 Å². The lowest BCUT2D eigenvalue weighted by Crippen LogP contribution is -2.30. The number of fused-ring (bicyclic) bond motifs is 1. The molecule has 1 heterocycles. The van der Waals surface area contributed by atoms with Gasteiger partial charge in [0.1, 0.15) is 22.9 Å².